The molecule has 6 nitrogen and oxygen atoms in total. The number of anilines is 1. The molecule has 0 fully saturated rings. The van der Waals surface area contributed by atoms with Gasteiger partial charge in [-0.3, -0.25) is 15.2 Å². The van der Waals surface area contributed by atoms with Gasteiger partial charge in [-0.1, -0.05) is 0 Å². The van der Waals surface area contributed by atoms with Gasteiger partial charge in [-0.2, -0.15) is 0 Å². The zero-order valence-electron chi connectivity index (χ0n) is 4.96. The number of hydrogen-bond acceptors (Lipinski definition) is 5. The van der Waals surface area contributed by atoms with Crippen LogP contribution in [0.4, 0.5) is 5.95 Å². The van der Waals surface area contributed by atoms with E-state index in [4.69, 9.17) is 10.9 Å². The molecule has 5 N–H and O–H groups in total. The molecule has 0 unspecified atom stereocenters. The first-order valence-corrected chi connectivity index (χ1v) is 2.49. The topological polar surface area (TPSA) is 104 Å². The lowest BCUT2D eigenvalue weighted by Gasteiger charge is -1.95. The van der Waals surface area contributed by atoms with Crippen molar-refractivity contribution < 1.29 is 5.11 Å². The Bertz CT molecular complexity index is 281. The first-order chi connectivity index (χ1) is 4.74. The monoisotopic (exact) mass is 142 g/mol. The lowest BCUT2D eigenvalue weighted by Crippen LogP contribution is -2.15. The van der Waals surface area contributed by atoms with Crippen LogP contribution >= 0.6 is 0 Å². The van der Waals surface area contributed by atoms with E-state index >= 15 is 0 Å². The van der Waals surface area contributed by atoms with Gasteiger partial charge in [0.2, 0.25) is 5.95 Å². The SMILES string of the molecule is NNc1ncc(O)c(=O)[nH]1. The van der Waals surface area contributed by atoms with Crippen molar-refractivity contribution >= 4 is 5.95 Å². The van der Waals surface area contributed by atoms with Gasteiger partial charge in [0.1, 0.15) is 0 Å². The van der Waals surface area contributed by atoms with Crippen LogP contribution in [0.25, 0.3) is 0 Å². The van der Waals surface area contributed by atoms with E-state index in [1.807, 2.05) is 0 Å². The molecule has 6 heteroatoms. The highest BCUT2D eigenvalue weighted by molar-refractivity contribution is 5.24. The standard InChI is InChI=1S/C4H6N4O2/c5-8-4-6-1-2(9)3(10)7-4/h1,9H,5H2,(H2,6,7,8,10). The smallest absolute Gasteiger partial charge is 0.294 e. The lowest BCUT2D eigenvalue weighted by molar-refractivity contribution is 0.463. The van der Waals surface area contributed by atoms with Crippen LogP contribution in [-0.4, -0.2) is 15.1 Å². The molecule has 1 aromatic heterocycles. The Hall–Kier alpha value is -1.56. The van der Waals surface area contributed by atoms with Gasteiger partial charge >= 0.3 is 0 Å². The first-order valence-electron chi connectivity index (χ1n) is 2.49. The molecule has 10 heavy (non-hydrogen) atoms. The molecule has 1 heterocycles. The Labute approximate surface area is 55.7 Å². The average Bonchev–Trinajstić information content (AvgIpc) is 1.95. The first kappa shape index (κ1) is 6.56. The van der Waals surface area contributed by atoms with Crippen molar-refractivity contribution in [1.29, 1.82) is 0 Å². The van der Waals surface area contributed by atoms with Gasteiger partial charge in [-0.05, 0) is 0 Å². The van der Waals surface area contributed by atoms with E-state index in [0.29, 0.717) is 0 Å². The number of nitrogens with two attached hydrogens (primary N) is 1. The normalized spacial score (nSPS) is 9.30. The van der Waals surface area contributed by atoms with Gasteiger partial charge in [0.05, 0.1) is 6.20 Å². The molecule has 0 aliphatic rings. The number of nitrogens with one attached hydrogen (secondary N) is 2. The largest absolute Gasteiger partial charge is 0.502 e. The molecule has 0 radical (unpaired) electrons. The number of hydrogen-bond donors (Lipinski definition) is 4. The Morgan fingerprint density at radius 1 is 1.80 bits per heavy atom. The van der Waals surface area contributed by atoms with E-state index in [2.05, 4.69) is 15.4 Å². The second kappa shape index (κ2) is 2.36. The van der Waals surface area contributed by atoms with Crippen LogP contribution in [-0.2, 0) is 0 Å². The molecular formula is C4H6N4O2. The highest BCUT2D eigenvalue weighted by Gasteiger charge is 1.96. The van der Waals surface area contributed by atoms with Crippen LogP contribution in [0.5, 0.6) is 5.75 Å². The second-order valence-electron chi connectivity index (χ2n) is 1.59. The van der Waals surface area contributed by atoms with Crippen molar-refractivity contribution in [3.63, 3.8) is 0 Å². The summed E-state index contributed by atoms with van der Waals surface area (Å²) in [6.07, 6.45) is 1.01. The fourth-order valence-electron chi connectivity index (χ4n) is 0.462. The molecule has 1 rings (SSSR count). The number of hydrazine groups is 1. The Morgan fingerprint density at radius 2 is 2.50 bits per heavy atom. The third-order valence-electron chi connectivity index (χ3n) is 0.917. The number of aromatic hydroxyl groups is 1. The summed E-state index contributed by atoms with van der Waals surface area (Å²) in [5.74, 6) is 4.59. The fourth-order valence-corrected chi connectivity index (χ4v) is 0.462. The van der Waals surface area contributed by atoms with Gasteiger partial charge in [0.15, 0.2) is 5.75 Å². The summed E-state index contributed by atoms with van der Waals surface area (Å²) in [7, 11) is 0. The number of nitrogen functional groups attached to an aromatic ring is 1. The number of aromatic amines is 1. The maximum absolute atomic E-state index is 10.6. The van der Waals surface area contributed by atoms with E-state index in [1.165, 1.54) is 0 Å². The van der Waals surface area contributed by atoms with Crippen LogP contribution in [0.2, 0.25) is 0 Å². The Kier molecular flexibility index (Phi) is 1.55. The molecule has 0 aromatic carbocycles. The maximum atomic E-state index is 10.6. The number of H-pyrrole nitrogens is 1. The zero-order valence-corrected chi connectivity index (χ0v) is 4.96. The zero-order chi connectivity index (χ0) is 7.56. The van der Waals surface area contributed by atoms with Crippen LogP contribution in [0, 0.1) is 0 Å². The maximum Gasteiger partial charge on any atom is 0.294 e. The number of nitrogens with zero attached hydrogens (tertiary/aromatic N) is 1. The molecule has 0 aliphatic heterocycles. The average molecular weight is 142 g/mol. The predicted octanol–water partition coefficient (Wildman–Crippen LogP) is -1.24. The third-order valence-corrected chi connectivity index (χ3v) is 0.917. The highest BCUT2D eigenvalue weighted by atomic mass is 16.3. The minimum absolute atomic E-state index is 0.114. The van der Waals surface area contributed by atoms with E-state index in [9.17, 15) is 4.79 Å². The van der Waals surface area contributed by atoms with Crippen LogP contribution in [0.3, 0.4) is 0 Å². The van der Waals surface area contributed by atoms with Gasteiger partial charge in [0.25, 0.3) is 5.56 Å². The molecule has 0 bridgehead atoms. The summed E-state index contributed by atoms with van der Waals surface area (Å²) in [5, 5.41) is 8.66. The quantitative estimate of drug-likeness (QED) is 0.290. The number of aromatic nitrogens is 2. The molecule has 0 atom stereocenters. The van der Waals surface area contributed by atoms with Gasteiger partial charge in [-0.15, -0.1) is 0 Å². The lowest BCUT2D eigenvalue weighted by atomic mass is 10.6. The van der Waals surface area contributed by atoms with Crippen LogP contribution in [0.1, 0.15) is 0 Å². The van der Waals surface area contributed by atoms with Crippen molar-refractivity contribution in [2.75, 3.05) is 5.43 Å². The van der Waals surface area contributed by atoms with Crippen molar-refractivity contribution in [2.45, 2.75) is 0 Å². The Balaban J connectivity index is 3.17. The van der Waals surface area contributed by atoms with Crippen molar-refractivity contribution in [1.82, 2.24) is 9.97 Å². The van der Waals surface area contributed by atoms with Gasteiger partial charge in [-0.25, -0.2) is 10.8 Å². The molecule has 54 valence electrons. The Morgan fingerprint density at radius 3 is 3.00 bits per heavy atom. The van der Waals surface area contributed by atoms with Gasteiger partial charge in [0, 0.05) is 0 Å². The highest BCUT2D eigenvalue weighted by Crippen LogP contribution is 1.96. The summed E-state index contributed by atoms with van der Waals surface area (Å²) in [5.41, 5.74) is 1.49. The molecule has 0 saturated carbocycles. The third kappa shape index (κ3) is 1.06. The van der Waals surface area contributed by atoms with Gasteiger partial charge < -0.3 is 5.11 Å². The molecule has 0 aliphatic carbocycles. The van der Waals surface area contributed by atoms with Crippen molar-refractivity contribution in [3.05, 3.63) is 16.6 Å². The molecule has 0 spiro atoms. The molecule has 0 amide bonds. The van der Waals surface area contributed by atoms with Crippen LogP contribution < -0.4 is 16.8 Å². The van der Waals surface area contributed by atoms with E-state index < -0.39 is 11.3 Å². The van der Waals surface area contributed by atoms with Crippen molar-refractivity contribution in [3.8, 4) is 5.75 Å². The summed E-state index contributed by atoms with van der Waals surface area (Å²) in [6.45, 7) is 0. The molecular weight excluding hydrogens is 136 g/mol. The summed E-state index contributed by atoms with van der Waals surface area (Å²) in [4.78, 5) is 16.2. The predicted molar refractivity (Wildman–Crippen MR) is 34.3 cm³/mol. The molecule has 1 aromatic rings. The summed E-state index contributed by atoms with van der Waals surface area (Å²) >= 11 is 0. The minimum atomic E-state index is -0.622. The van der Waals surface area contributed by atoms with E-state index in [-0.39, 0.29) is 5.95 Å². The minimum Gasteiger partial charge on any atom is -0.502 e. The van der Waals surface area contributed by atoms with Crippen molar-refractivity contribution in [2.24, 2.45) is 5.84 Å². The fraction of sp³-hybridized carbons (Fsp3) is 0. The summed E-state index contributed by atoms with van der Waals surface area (Å²) < 4.78 is 0. The van der Waals surface area contributed by atoms with E-state index in [1.54, 1.807) is 0 Å². The van der Waals surface area contributed by atoms with Crippen LogP contribution in [0.15, 0.2) is 11.0 Å². The van der Waals surface area contributed by atoms with E-state index in [0.717, 1.165) is 6.20 Å². The number of rotatable bonds is 1. The molecule has 0 saturated heterocycles. The second-order valence-corrected chi connectivity index (χ2v) is 1.59. The summed E-state index contributed by atoms with van der Waals surface area (Å²) in [6, 6.07) is 0.